The Labute approximate surface area is 116 Å². The predicted octanol–water partition coefficient (Wildman–Crippen LogP) is -0.292. The Kier molecular flexibility index (Phi) is 3.31. The summed E-state index contributed by atoms with van der Waals surface area (Å²) in [4.78, 5) is 24.7. The van der Waals surface area contributed by atoms with Crippen molar-refractivity contribution < 1.29 is 24.7 Å². The third-order valence-corrected chi connectivity index (χ3v) is 4.62. The van der Waals surface area contributed by atoms with Gasteiger partial charge in [-0.3, -0.25) is 9.69 Å². The highest BCUT2D eigenvalue weighted by molar-refractivity contribution is 5.87. The summed E-state index contributed by atoms with van der Waals surface area (Å²) in [7, 11) is 0. The highest BCUT2D eigenvalue weighted by Gasteiger charge is 2.56. The van der Waals surface area contributed by atoms with Crippen LogP contribution in [-0.2, 0) is 4.79 Å². The first kappa shape index (κ1) is 13.3. The van der Waals surface area contributed by atoms with Gasteiger partial charge in [-0.2, -0.15) is 0 Å². The van der Waals surface area contributed by atoms with E-state index in [0.29, 0.717) is 23.3 Å². The van der Waals surface area contributed by atoms with Gasteiger partial charge in [0.1, 0.15) is 12.0 Å². The molecule has 0 saturated carbocycles. The second-order valence-electron chi connectivity index (χ2n) is 5.70. The van der Waals surface area contributed by atoms with Crippen LogP contribution < -0.4 is 4.90 Å². The molecule has 5 unspecified atom stereocenters. The van der Waals surface area contributed by atoms with E-state index in [1.54, 1.807) is 12.1 Å². The number of carboxylic acid groups (broad SMARTS) is 1. The van der Waals surface area contributed by atoms with E-state index in [2.05, 4.69) is 0 Å². The lowest BCUT2D eigenvalue weighted by Gasteiger charge is -2.36. The lowest BCUT2D eigenvalue weighted by molar-refractivity contribution is -0.865. The minimum Gasteiger partial charge on any atom is -0.481 e. The number of aliphatic hydroxyl groups is 1. The molecule has 0 radical (unpaired) electrons. The van der Waals surface area contributed by atoms with Crippen LogP contribution in [0.2, 0.25) is 0 Å². The van der Waals surface area contributed by atoms with Crippen LogP contribution >= 0.6 is 0 Å². The minimum atomic E-state index is -0.999. The summed E-state index contributed by atoms with van der Waals surface area (Å²) >= 11 is 0. The van der Waals surface area contributed by atoms with Crippen molar-refractivity contribution in [1.29, 1.82) is 0 Å². The molecule has 2 aliphatic rings. The van der Waals surface area contributed by atoms with Crippen LogP contribution in [0.4, 0.5) is 0 Å². The number of benzene rings is 1. The molecule has 2 bridgehead atoms. The average Bonchev–Trinajstić information content (AvgIpc) is 2.74. The molecule has 0 aromatic heterocycles. The largest absolute Gasteiger partial charge is 0.481 e. The highest BCUT2D eigenvalue weighted by atomic mass is 16.4. The zero-order valence-corrected chi connectivity index (χ0v) is 11.0. The average molecular weight is 276 g/mol. The van der Waals surface area contributed by atoms with E-state index in [1.165, 1.54) is 0 Å². The van der Waals surface area contributed by atoms with Crippen molar-refractivity contribution in [2.45, 2.75) is 37.5 Å². The van der Waals surface area contributed by atoms with Crippen molar-refractivity contribution >= 4 is 11.9 Å². The quantitative estimate of drug-likeness (QED) is 0.693. The van der Waals surface area contributed by atoms with Gasteiger partial charge in [0.05, 0.1) is 17.7 Å². The molecule has 5 nitrogen and oxygen atoms in total. The Balaban J connectivity index is 1.91. The lowest BCUT2D eigenvalue weighted by Crippen LogP contribution is -3.21. The number of amides is 1. The number of carbonyl (C=O) groups excluding carboxylic acids is 1. The molecule has 5 atom stereocenters. The molecule has 3 N–H and O–H groups in total. The zero-order chi connectivity index (χ0) is 14.3. The fraction of sp³-hybridized carbons (Fsp3) is 0.467. The van der Waals surface area contributed by atoms with Gasteiger partial charge in [0, 0.05) is 19.3 Å². The van der Waals surface area contributed by atoms with Gasteiger partial charge in [-0.15, -0.1) is 0 Å². The number of hydrogen-bond acceptors (Lipinski definition) is 3. The van der Waals surface area contributed by atoms with E-state index >= 15 is 0 Å². The summed E-state index contributed by atoms with van der Waals surface area (Å²) in [5.41, 5.74) is 0.611. The number of carbonyl (C=O) groups is 2. The van der Waals surface area contributed by atoms with Crippen molar-refractivity contribution in [2.75, 3.05) is 0 Å². The van der Waals surface area contributed by atoms with Gasteiger partial charge in [-0.25, -0.2) is 4.79 Å². The second-order valence-corrected chi connectivity index (χ2v) is 5.70. The van der Waals surface area contributed by atoms with E-state index in [9.17, 15) is 19.8 Å². The molecule has 1 amide bonds. The van der Waals surface area contributed by atoms with E-state index in [1.807, 2.05) is 18.2 Å². The minimum absolute atomic E-state index is 0.0401. The summed E-state index contributed by atoms with van der Waals surface area (Å²) in [6, 6.07) is 8.71. The van der Waals surface area contributed by atoms with Gasteiger partial charge in [-0.05, 0) is 12.1 Å². The van der Waals surface area contributed by atoms with Crippen LogP contribution in [0.3, 0.4) is 0 Å². The molecule has 20 heavy (non-hydrogen) atoms. The smallest absolute Gasteiger partial charge is 0.344 e. The number of carboxylic acids is 1. The Morgan fingerprint density at radius 2 is 1.85 bits per heavy atom. The zero-order valence-electron chi connectivity index (χ0n) is 11.0. The number of aliphatic carboxylic acids is 1. The molecule has 2 aliphatic heterocycles. The fourth-order valence-corrected chi connectivity index (χ4v) is 3.77. The first-order valence-electron chi connectivity index (χ1n) is 6.97. The summed E-state index contributed by atoms with van der Waals surface area (Å²) in [5, 5.41) is 19.3. The SMILES string of the molecule is O=C(O)C1C(O)CC2CCC1[NH+]2C(=O)c1ccccc1. The molecule has 2 heterocycles. The molecule has 3 rings (SSSR count). The third kappa shape index (κ3) is 2.03. The van der Waals surface area contributed by atoms with E-state index in [-0.39, 0.29) is 18.0 Å². The number of fused-ring (bicyclic) bond motifs is 2. The summed E-state index contributed by atoms with van der Waals surface area (Å²) in [6.07, 6.45) is 1.05. The molecule has 1 aromatic rings. The Morgan fingerprint density at radius 3 is 2.50 bits per heavy atom. The summed E-state index contributed by atoms with van der Waals surface area (Å²) in [6.45, 7) is 0. The third-order valence-electron chi connectivity index (χ3n) is 4.62. The van der Waals surface area contributed by atoms with E-state index < -0.39 is 18.0 Å². The highest BCUT2D eigenvalue weighted by Crippen LogP contribution is 2.28. The molecular weight excluding hydrogens is 258 g/mol. The normalized spacial score (nSPS) is 35.8. The van der Waals surface area contributed by atoms with Crippen molar-refractivity contribution in [2.24, 2.45) is 5.92 Å². The van der Waals surface area contributed by atoms with Gasteiger partial charge < -0.3 is 10.2 Å². The van der Waals surface area contributed by atoms with Gasteiger partial charge in [0.2, 0.25) is 0 Å². The van der Waals surface area contributed by atoms with Crippen LogP contribution in [0.15, 0.2) is 30.3 Å². The monoisotopic (exact) mass is 276 g/mol. The number of quaternary nitrogens is 1. The van der Waals surface area contributed by atoms with Crippen LogP contribution in [0, 0.1) is 5.92 Å². The molecule has 106 valence electrons. The maximum Gasteiger partial charge on any atom is 0.344 e. The van der Waals surface area contributed by atoms with Crippen molar-refractivity contribution in [1.82, 2.24) is 0 Å². The predicted molar refractivity (Wildman–Crippen MR) is 70.3 cm³/mol. The molecule has 2 saturated heterocycles. The number of piperidine rings is 1. The van der Waals surface area contributed by atoms with Crippen LogP contribution in [0.1, 0.15) is 29.6 Å². The standard InChI is InChI=1S/C15H17NO4/c17-12-8-10-6-7-11(13(12)15(19)20)16(10)14(18)9-4-2-1-3-5-9/h1-5,10-13,17H,6-8H2,(H,19,20)/p+1. The topological polar surface area (TPSA) is 79.0 Å². The summed E-state index contributed by atoms with van der Waals surface area (Å²) < 4.78 is 0. The number of rotatable bonds is 2. The molecule has 1 aromatic carbocycles. The van der Waals surface area contributed by atoms with E-state index in [4.69, 9.17) is 0 Å². The maximum atomic E-state index is 12.6. The van der Waals surface area contributed by atoms with E-state index in [0.717, 1.165) is 6.42 Å². The van der Waals surface area contributed by atoms with Gasteiger partial charge >= 0.3 is 11.9 Å². The lowest BCUT2D eigenvalue weighted by atomic mass is 9.87. The molecule has 5 heteroatoms. The first-order valence-corrected chi connectivity index (χ1v) is 6.97. The van der Waals surface area contributed by atoms with Crippen LogP contribution in [0.25, 0.3) is 0 Å². The van der Waals surface area contributed by atoms with Crippen molar-refractivity contribution in [3.05, 3.63) is 35.9 Å². The molecular formula is C15H18NO4+. The molecule has 0 aliphatic carbocycles. The first-order chi connectivity index (χ1) is 9.59. The van der Waals surface area contributed by atoms with Crippen LogP contribution in [0.5, 0.6) is 0 Å². The fourth-order valence-electron chi connectivity index (χ4n) is 3.77. The Bertz CT molecular complexity index is 530. The maximum absolute atomic E-state index is 12.6. The number of hydrogen-bond donors (Lipinski definition) is 3. The Morgan fingerprint density at radius 1 is 1.15 bits per heavy atom. The Hall–Kier alpha value is -1.72. The van der Waals surface area contributed by atoms with Gasteiger partial charge in [-0.1, -0.05) is 18.2 Å². The number of nitrogens with one attached hydrogen (secondary N) is 1. The van der Waals surface area contributed by atoms with Crippen LogP contribution in [-0.4, -0.2) is 40.3 Å². The second kappa shape index (κ2) is 5.00. The van der Waals surface area contributed by atoms with Gasteiger partial charge in [0.15, 0.2) is 0 Å². The van der Waals surface area contributed by atoms with Crippen molar-refractivity contribution in [3.8, 4) is 0 Å². The van der Waals surface area contributed by atoms with Crippen molar-refractivity contribution in [3.63, 3.8) is 0 Å². The molecule has 2 fully saturated rings. The molecule has 0 spiro atoms. The van der Waals surface area contributed by atoms with Gasteiger partial charge in [0.25, 0.3) is 0 Å². The summed E-state index contributed by atoms with van der Waals surface area (Å²) in [5.74, 6) is -1.88. The number of aliphatic hydroxyl groups excluding tert-OH is 1.